The number of ether oxygens (including phenoxy) is 2. The molecule has 0 spiro atoms. The van der Waals surface area contributed by atoms with Crippen LogP contribution in [0.4, 0.5) is 0 Å². The van der Waals surface area contributed by atoms with E-state index in [2.05, 4.69) is 24.3 Å². The molecule has 90 valence electrons. The van der Waals surface area contributed by atoms with Crippen molar-refractivity contribution in [3.8, 4) is 11.5 Å². The lowest BCUT2D eigenvalue weighted by Crippen LogP contribution is -1.87. The van der Waals surface area contributed by atoms with Gasteiger partial charge in [-0.25, -0.2) is 0 Å². The van der Waals surface area contributed by atoms with Gasteiger partial charge in [0.25, 0.3) is 0 Å². The van der Waals surface area contributed by atoms with Gasteiger partial charge in [0.15, 0.2) is 0 Å². The van der Waals surface area contributed by atoms with E-state index in [-0.39, 0.29) is 0 Å². The minimum Gasteiger partial charge on any atom is -0.496 e. The van der Waals surface area contributed by atoms with Crippen molar-refractivity contribution in [2.24, 2.45) is 0 Å². The van der Waals surface area contributed by atoms with Crippen molar-refractivity contribution in [2.45, 2.75) is 0 Å². The van der Waals surface area contributed by atoms with Crippen LogP contribution in [0.5, 0.6) is 11.5 Å². The molecule has 0 aliphatic carbocycles. The van der Waals surface area contributed by atoms with Crippen LogP contribution >= 0.6 is 0 Å². The number of rotatable bonds is 2. The summed E-state index contributed by atoms with van der Waals surface area (Å²) >= 11 is 0. The van der Waals surface area contributed by atoms with Crippen molar-refractivity contribution in [3.05, 3.63) is 48.5 Å². The van der Waals surface area contributed by atoms with Gasteiger partial charge in [-0.05, 0) is 35.0 Å². The predicted octanol–water partition coefficient (Wildman–Crippen LogP) is 4.01. The summed E-state index contributed by atoms with van der Waals surface area (Å²) in [5, 5.41) is 4.57. The molecule has 0 N–H and O–H groups in total. The summed E-state index contributed by atoms with van der Waals surface area (Å²) in [5.41, 5.74) is 0. The van der Waals surface area contributed by atoms with Gasteiger partial charge in [0.1, 0.15) is 11.5 Å². The Kier molecular flexibility index (Phi) is 2.56. The number of methoxy groups -OCH3 is 2. The Balaban J connectivity index is 2.44. The maximum atomic E-state index is 5.41. The molecule has 3 aromatic rings. The Morgan fingerprint density at radius 1 is 0.667 bits per heavy atom. The Morgan fingerprint density at radius 2 is 1.17 bits per heavy atom. The van der Waals surface area contributed by atoms with Crippen LogP contribution < -0.4 is 9.47 Å². The van der Waals surface area contributed by atoms with E-state index in [0.717, 1.165) is 22.3 Å². The van der Waals surface area contributed by atoms with E-state index in [4.69, 9.17) is 9.47 Å². The van der Waals surface area contributed by atoms with E-state index >= 15 is 0 Å². The molecule has 0 bridgehead atoms. The molecule has 0 unspecified atom stereocenters. The van der Waals surface area contributed by atoms with Gasteiger partial charge < -0.3 is 9.47 Å². The second-order valence-electron chi connectivity index (χ2n) is 4.22. The van der Waals surface area contributed by atoms with Crippen LogP contribution in [-0.4, -0.2) is 14.2 Å². The van der Waals surface area contributed by atoms with Crippen LogP contribution in [0.25, 0.3) is 21.5 Å². The van der Waals surface area contributed by atoms with Gasteiger partial charge in [-0.3, -0.25) is 0 Å². The summed E-state index contributed by atoms with van der Waals surface area (Å²) in [5.74, 6) is 1.78. The Morgan fingerprint density at radius 3 is 1.61 bits per heavy atom. The van der Waals surface area contributed by atoms with E-state index < -0.39 is 0 Å². The Hall–Kier alpha value is -2.22. The van der Waals surface area contributed by atoms with Gasteiger partial charge in [0.2, 0.25) is 0 Å². The molecule has 0 amide bonds. The molecule has 18 heavy (non-hydrogen) atoms. The molecule has 2 heteroatoms. The van der Waals surface area contributed by atoms with Crippen molar-refractivity contribution < 1.29 is 9.47 Å². The van der Waals surface area contributed by atoms with E-state index in [9.17, 15) is 0 Å². The number of hydrogen-bond acceptors (Lipinski definition) is 2. The predicted molar refractivity (Wildman–Crippen MR) is 74.6 cm³/mol. The summed E-state index contributed by atoms with van der Waals surface area (Å²) in [7, 11) is 3.39. The zero-order valence-electron chi connectivity index (χ0n) is 10.4. The Bertz CT molecular complexity index is 658. The summed E-state index contributed by atoms with van der Waals surface area (Å²) in [6.45, 7) is 0. The third-order valence-corrected chi connectivity index (χ3v) is 3.24. The van der Waals surface area contributed by atoms with Gasteiger partial charge in [-0.2, -0.15) is 0 Å². The van der Waals surface area contributed by atoms with Crippen molar-refractivity contribution in [1.82, 2.24) is 0 Å². The minimum absolute atomic E-state index is 0.889. The van der Waals surface area contributed by atoms with Crippen molar-refractivity contribution in [3.63, 3.8) is 0 Å². The maximum absolute atomic E-state index is 5.41. The maximum Gasteiger partial charge on any atom is 0.126 e. The van der Waals surface area contributed by atoms with Crippen LogP contribution in [0, 0.1) is 0 Å². The third-order valence-electron chi connectivity index (χ3n) is 3.24. The lowest BCUT2D eigenvalue weighted by Gasteiger charge is -2.09. The van der Waals surface area contributed by atoms with Gasteiger partial charge in [0, 0.05) is 10.8 Å². The van der Waals surface area contributed by atoms with Gasteiger partial charge in [0.05, 0.1) is 14.2 Å². The van der Waals surface area contributed by atoms with Gasteiger partial charge >= 0.3 is 0 Å². The largest absolute Gasteiger partial charge is 0.496 e. The highest BCUT2D eigenvalue weighted by Gasteiger charge is 2.06. The van der Waals surface area contributed by atoms with E-state index in [0.29, 0.717) is 0 Å². The average Bonchev–Trinajstić information content (AvgIpc) is 2.43. The zero-order chi connectivity index (χ0) is 12.5. The minimum atomic E-state index is 0.889. The summed E-state index contributed by atoms with van der Waals surface area (Å²) in [4.78, 5) is 0. The first kappa shape index (κ1) is 10.9. The van der Waals surface area contributed by atoms with Crippen molar-refractivity contribution in [2.75, 3.05) is 14.2 Å². The third kappa shape index (κ3) is 1.58. The number of benzene rings is 3. The molecule has 0 aliphatic heterocycles. The van der Waals surface area contributed by atoms with Crippen molar-refractivity contribution >= 4 is 21.5 Å². The average molecular weight is 238 g/mol. The second kappa shape index (κ2) is 4.22. The standard InChI is InChI=1S/C16H14O2/c1-17-15-7-3-5-11-9-12-6-4-8-16(18-2)14(12)10-13(11)15/h3-10H,1-2H3. The SMILES string of the molecule is COc1cccc2cc3cccc(OC)c3cc12. The molecule has 0 aliphatic rings. The number of hydrogen-bond donors (Lipinski definition) is 0. The van der Waals surface area contributed by atoms with Crippen LogP contribution in [0.1, 0.15) is 0 Å². The van der Waals surface area contributed by atoms with Crippen LogP contribution in [-0.2, 0) is 0 Å². The van der Waals surface area contributed by atoms with Crippen LogP contribution in [0.3, 0.4) is 0 Å². The topological polar surface area (TPSA) is 18.5 Å². The molecule has 0 fully saturated rings. The van der Waals surface area contributed by atoms with Crippen molar-refractivity contribution in [1.29, 1.82) is 0 Å². The second-order valence-corrected chi connectivity index (χ2v) is 4.22. The first-order chi connectivity index (χ1) is 8.83. The Labute approximate surface area is 106 Å². The summed E-state index contributed by atoms with van der Waals surface area (Å²) in [6.07, 6.45) is 0. The molecule has 3 aromatic carbocycles. The lowest BCUT2D eigenvalue weighted by molar-refractivity contribution is 0.419. The highest BCUT2D eigenvalue weighted by molar-refractivity contribution is 6.03. The van der Waals surface area contributed by atoms with E-state index in [1.165, 1.54) is 10.8 Å². The van der Waals surface area contributed by atoms with Crippen LogP contribution in [0.15, 0.2) is 48.5 Å². The fraction of sp³-hybridized carbons (Fsp3) is 0.125. The molecule has 2 nitrogen and oxygen atoms in total. The fourth-order valence-corrected chi connectivity index (χ4v) is 2.35. The molecule has 0 saturated heterocycles. The molecule has 0 radical (unpaired) electrons. The van der Waals surface area contributed by atoms with Gasteiger partial charge in [-0.1, -0.05) is 24.3 Å². The highest BCUT2D eigenvalue weighted by Crippen LogP contribution is 2.33. The highest BCUT2D eigenvalue weighted by atomic mass is 16.5. The molecule has 0 heterocycles. The molecule has 0 saturated carbocycles. The zero-order valence-corrected chi connectivity index (χ0v) is 10.4. The first-order valence-corrected chi connectivity index (χ1v) is 5.87. The monoisotopic (exact) mass is 238 g/mol. The summed E-state index contributed by atoms with van der Waals surface area (Å²) < 4.78 is 10.8. The summed E-state index contributed by atoms with van der Waals surface area (Å²) in [6, 6.07) is 16.4. The molecular weight excluding hydrogens is 224 g/mol. The molecule has 0 atom stereocenters. The quantitative estimate of drug-likeness (QED) is 0.628. The van der Waals surface area contributed by atoms with E-state index in [1.807, 2.05) is 24.3 Å². The normalized spacial score (nSPS) is 10.8. The van der Waals surface area contributed by atoms with Crippen LogP contribution in [0.2, 0.25) is 0 Å². The fourth-order valence-electron chi connectivity index (χ4n) is 2.35. The molecule has 3 rings (SSSR count). The smallest absolute Gasteiger partial charge is 0.126 e. The van der Waals surface area contributed by atoms with Gasteiger partial charge in [-0.15, -0.1) is 0 Å². The first-order valence-electron chi connectivity index (χ1n) is 5.87. The number of fused-ring (bicyclic) bond motifs is 2. The van der Waals surface area contributed by atoms with E-state index in [1.54, 1.807) is 14.2 Å². The molecule has 0 aromatic heterocycles. The molecular formula is C16H14O2. The lowest BCUT2D eigenvalue weighted by atomic mass is 10.0.